The van der Waals surface area contributed by atoms with E-state index in [9.17, 15) is 9.59 Å². The Balaban J connectivity index is 1.17. The maximum atomic E-state index is 13.0. The van der Waals surface area contributed by atoms with Crippen LogP contribution in [0, 0.1) is 0 Å². The van der Waals surface area contributed by atoms with E-state index in [1.54, 1.807) is 17.5 Å². The fourth-order valence-electron chi connectivity index (χ4n) is 4.41. The van der Waals surface area contributed by atoms with Gasteiger partial charge in [-0.05, 0) is 48.7 Å². The second-order valence-electron chi connectivity index (χ2n) is 8.95. The Labute approximate surface area is 235 Å². The normalized spacial score (nSPS) is 13.8. The fraction of sp³-hybridized carbons (Fsp3) is 0.207. The lowest BCUT2D eigenvalue weighted by atomic mass is 9.97. The van der Waals surface area contributed by atoms with Crippen LogP contribution >= 0.6 is 34.5 Å². The van der Waals surface area contributed by atoms with Crippen LogP contribution in [0.25, 0.3) is 11.1 Å². The molecule has 0 bridgehead atoms. The zero-order valence-corrected chi connectivity index (χ0v) is 22.7. The van der Waals surface area contributed by atoms with E-state index in [2.05, 4.69) is 10.3 Å². The van der Waals surface area contributed by atoms with Crippen molar-refractivity contribution in [3.63, 3.8) is 0 Å². The molecule has 5 rings (SSSR count). The average Bonchev–Trinajstić information content (AvgIpc) is 3.44. The highest BCUT2D eigenvalue weighted by molar-refractivity contribution is 7.10. The largest absolute Gasteiger partial charge is 0.482 e. The van der Waals surface area contributed by atoms with Gasteiger partial charge in [0.2, 0.25) is 0 Å². The molecule has 0 atom stereocenters. The van der Waals surface area contributed by atoms with Gasteiger partial charge in [-0.2, -0.15) is 0 Å². The molecule has 1 fully saturated rings. The van der Waals surface area contributed by atoms with Crippen molar-refractivity contribution in [2.24, 2.45) is 0 Å². The lowest BCUT2D eigenvalue weighted by Gasteiger charge is -2.31. The van der Waals surface area contributed by atoms with Crippen LogP contribution in [0.5, 0.6) is 5.75 Å². The molecule has 9 heteroatoms. The standard InChI is InChI=1S/C29H25Cl2N3O3S/c30-21-11-9-19(10-12-21)22-5-1-3-7-24(22)32-28(36)25-18-38-29(33-25)20-13-15-34(16-14-20)27(35)17-37-26-8-4-2-6-23(26)31/h1-12,18,20H,13-17H2,(H,32,36). The summed E-state index contributed by atoms with van der Waals surface area (Å²) in [7, 11) is 0. The van der Waals surface area contributed by atoms with Gasteiger partial charge in [-0.15, -0.1) is 11.3 Å². The molecule has 4 aromatic rings. The molecule has 1 aromatic heterocycles. The Morgan fingerprint density at radius 2 is 1.68 bits per heavy atom. The molecule has 2 amide bonds. The Bertz CT molecular complexity index is 1430. The van der Waals surface area contributed by atoms with Gasteiger partial charge in [-0.1, -0.05) is 65.7 Å². The smallest absolute Gasteiger partial charge is 0.275 e. The number of piperidine rings is 1. The predicted octanol–water partition coefficient (Wildman–Crippen LogP) is 7.15. The Morgan fingerprint density at radius 3 is 2.45 bits per heavy atom. The van der Waals surface area contributed by atoms with Crippen molar-refractivity contribution in [1.29, 1.82) is 0 Å². The number of rotatable bonds is 7. The lowest BCUT2D eigenvalue weighted by molar-refractivity contribution is -0.134. The highest BCUT2D eigenvalue weighted by Gasteiger charge is 2.27. The van der Waals surface area contributed by atoms with Crippen LogP contribution in [0.4, 0.5) is 5.69 Å². The molecule has 1 aliphatic rings. The van der Waals surface area contributed by atoms with Gasteiger partial charge in [0.15, 0.2) is 6.61 Å². The summed E-state index contributed by atoms with van der Waals surface area (Å²) in [6, 6.07) is 22.3. The highest BCUT2D eigenvalue weighted by atomic mass is 35.5. The molecule has 6 nitrogen and oxygen atoms in total. The van der Waals surface area contributed by atoms with Crippen molar-refractivity contribution in [3.8, 4) is 16.9 Å². The maximum absolute atomic E-state index is 13.0. The first kappa shape index (κ1) is 26.2. The molecule has 1 N–H and O–H groups in total. The van der Waals surface area contributed by atoms with E-state index >= 15 is 0 Å². The van der Waals surface area contributed by atoms with Crippen molar-refractivity contribution < 1.29 is 14.3 Å². The van der Waals surface area contributed by atoms with Crippen LogP contribution < -0.4 is 10.1 Å². The number of benzene rings is 3. The van der Waals surface area contributed by atoms with Gasteiger partial charge < -0.3 is 15.0 Å². The average molecular weight is 567 g/mol. The third kappa shape index (κ3) is 6.18. The molecule has 0 aliphatic carbocycles. The van der Waals surface area contributed by atoms with Crippen molar-refractivity contribution in [2.45, 2.75) is 18.8 Å². The van der Waals surface area contributed by atoms with Crippen LogP contribution in [-0.2, 0) is 4.79 Å². The third-order valence-electron chi connectivity index (χ3n) is 6.47. The van der Waals surface area contributed by atoms with Crippen LogP contribution in [0.3, 0.4) is 0 Å². The SMILES string of the molecule is O=C(Nc1ccccc1-c1ccc(Cl)cc1)c1csc(C2CCN(C(=O)COc3ccccc3Cl)CC2)n1. The molecule has 194 valence electrons. The Kier molecular flexibility index (Phi) is 8.27. The van der Waals surface area contributed by atoms with Gasteiger partial charge in [0, 0.05) is 40.7 Å². The number of nitrogens with zero attached hydrogens (tertiary/aromatic N) is 2. The number of likely N-dealkylation sites (tertiary alicyclic amines) is 1. The predicted molar refractivity (Wildman–Crippen MR) is 152 cm³/mol. The monoisotopic (exact) mass is 565 g/mol. The van der Waals surface area contributed by atoms with Crippen molar-refractivity contribution in [1.82, 2.24) is 9.88 Å². The first-order valence-electron chi connectivity index (χ1n) is 12.2. The van der Waals surface area contributed by atoms with E-state index < -0.39 is 0 Å². The van der Waals surface area contributed by atoms with Gasteiger partial charge in [-0.3, -0.25) is 9.59 Å². The number of hydrogen-bond acceptors (Lipinski definition) is 5. The molecular weight excluding hydrogens is 541 g/mol. The van der Waals surface area contributed by atoms with E-state index in [1.165, 1.54) is 11.3 Å². The number of hydrogen-bond donors (Lipinski definition) is 1. The number of thiazole rings is 1. The third-order valence-corrected chi connectivity index (χ3v) is 8.04. The summed E-state index contributed by atoms with van der Waals surface area (Å²) in [5, 5.41) is 6.86. The van der Waals surface area contributed by atoms with Crippen LogP contribution in [-0.4, -0.2) is 41.4 Å². The minimum absolute atomic E-state index is 0.0481. The van der Waals surface area contributed by atoms with Crippen LogP contribution in [0.15, 0.2) is 78.2 Å². The van der Waals surface area contributed by atoms with Crippen molar-refractivity contribution in [2.75, 3.05) is 25.0 Å². The summed E-state index contributed by atoms with van der Waals surface area (Å²) in [5.74, 6) is 0.387. The summed E-state index contributed by atoms with van der Waals surface area (Å²) < 4.78 is 5.60. The molecule has 0 spiro atoms. The summed E-state index contributed by atoms with van der Waals surface area (Å²) in [4.78, 5) is 32.1. The highest BCUT2D eigenvalue weighted by Crippen LogP contribution is 2.32. The number of amides is 2. The molecule has 2 heterocycles. The Hall–Kier alpha value is -3.39. The van der Waals surface area contributed by atoms with Crippen LogP contribution in [0.2, 0.25) is 10.0 Å². The molecule has 1 aliphatic heterocycles. The number of carbonyl (C=O) groups excluding carboxylic acids is 2. The molecule has 0 saturated carbocycles. The lowest BCUT2D eigenvalue weighted by Crippen LogP contribution is -2.40. The molecule has 0 unspecified atom stereocenters. The zero-order valence-electron chi connectivity index (χ0n) is 20.4. The molecular formula is C29H25Cl2N3O3S. The second kappa shape index (κ2) is 12.0. The first-order valence-corrected chi connectivity index (χ1v) is 13.9. The number of aromatic nitrogens is 1. The topological polar surface area (TPSA) is 71.5 Å². The van der Waals surface area contributed by atoms with Crippen molar-refractivity contribution in [3.05, 3.63) is 98.9 Å². The number of ether oxygens (including phenoxy) is 1. The summed E-state index contributed by atoms with van der Waals surface area (Å²) in [5.41, 5.74) is 2.97. The van der Waals surface area contributed by atoms with Crippen LogP contribution in [0.1, 0.15) is 34.3 Å². The van der Waals surface area contributed by atoms with Gasteiger partial charge in [0.1, 0.15) is 11.4 Å². The van der Waals surface area contributed by atoms with E-state index in [0.717, 1.165) is 29.0 Å². The second-order valence-corrected chi connectivity index (χ2v) is 10.7. The van der Waals surface area contributed by atoms with E-state index in [0.29, 0.717) is 40.3 Å². The summed E-state index contributed by atoms with van der Waals surface area (Å²) in [6.45, 7) is 1.18. The van der Waals surface area contributed by atoms with E-state index in [-0.39, 0.29) is 24.3 Å². The van der Waals surface area contributed by atoms with Gasteiger partial charge in [-0.25, -0.2) is 4.98 Å². The number of anilines is 1. The fourth-order valence-corrected chi connectivity index (χ4v) is 5.70. The summed E-state index contributed by atoms with van der Waals surface area (Å²) >= 11 is 13.6. The minimum Gasteiger partial charge on any atom is -0.482 e. The maximum Gasteiger partial charge on any atom is 0.275 e. The number of carbonyl (C=O) groups is 2. The van der Waals surface area contributed by atoms with Gasteiger partial charge in [0.05, 0.1) is 10.0 Å². The van der Waals surface area contributed by atoms with E-state index in [4.69, 9.17) is 27.9 Å². The molecule has 38 heavy (non-hydrogen) atoms. The molecule has 1 saturated heterocycles. The van der Waals surface area contributed by atoms with Gasteiger partial charge >= 0.3 is 0 Å². The Morgan fingerprint density at radius 1 is 0.974 bits per heavy atom. The molecule has 3 aromatic carbocycles. The van der Waals surface area contributed by atoms with Gasteiger partial charge in [0.25, 0.3) is 11.8 Å². The first-order chi connectivity index (χ1) is 18.5. The molecule has 0 radical (unpaired) electrons. The quantitative estimate of drug-likeness (QED) is 0.258. The van der Waals surface area contributed by atoms with Crippen molar-refractivity contribution >= 4 is 52.0 Å². The minimum atomic E-state index is -0.252. The number of para-hydroxylation sites is 2. The number of nitrogens with one attached hydrogen (secondary N) is 1. The summed E-state index contributed by atoms with van der Waals surface area (Å²) in [6.07, 6.45) is 1.57. The van der Waals surface area contributed by atoms with E-state index in [1.807, 2.05) is 65.6 Å². The number of halogens is 2. The zero-order chi connectivity index (χ0) is 26.5.